The van der Waals surface area contributed by atoms with Crippen LogP contribution in [0.3, 0.4) is 0 Å². The number of anilines is 1. The molecule has 2 aliphatic rings. The van der Waals surface area contributed by atoms with Crippen LogP contribution in [0, 0.1) is 5.92 Å². The number of carbonyl (C=O) groups excluding carboxylic acids is 1. The fourth-order valence-corrected chi connectivity index (χ4v) is 7.33. The number of hydrogen-bond donors (Lipinski definition) is 1. The molecule has 10 heteroatoms. The molecule has 1 N–H and O–H groups in total. The number of rotatable bonds is 6. The summed E-state index contributed by atoms with van der Waals surface area (Å²) in [6, 6.07) is 6.24. The Bertz CT molecular complexity index is 1280. The van der Waals surface area contributed by atoms with E-state index in [4.69, 9.17) is 4.74 Å². The Labute approximate surface area is 197 Å². The van der Waals surface area contributed by atoms with Gasteiger partial charge in [-0.05, 0) is 67.9 Å². The average molecular weight is 487 g/mol. The van der Waals surface area contributed by atoms with E-state index in [1.165, 1.54) is 33.2 Å². The zero-order valence-corrected chi connectivity index (χ0v) is 20.0. The van der Waals surface area contributed by atoms with E-state index in [1.807, 2.05) is 0 Å². The van der Waals surface area contributed by atoms with Gasteiger partial charge in [0.25, 0.3) is 5.91 Å². The summed E-state index contributed by atoms with van der Waals surface area (Å²) in [5, 5.41) is 3.68. The number of ether oxygens (including phenoxy) is 1. The van der Waals surface area contributed by atoms with Crippen LogP contribution in [0.25, 0.3) is 10.2 Å². The van der Waals surface area contributed by atoms with E-state index in [0.717, 1.165) is 42.3 Å². The molecule has 2 aromatic heterocycles. The standard InChI is InChI=1S/C23H26N4O4S2/c1-15-4-9-18-19(12-15)32-23-21(18)22(24-14-25-23)31-13-20(28)26-16-5-7-17(8-6-16)33(29,30)27-10-2-3-11-27/h5-8,14-15H,2-4,9-13H2,1H3,(H,26,28). The van der Waals surface area contributed by atoms with Gasteiger partial charge in [0.2, 0.25) is 15.9 Å². The highest BCUT2D eigenvalue weighted by atomic mass is 32.2. The van der Waals surface area contributed by atoms with Gasteiger partial charge in [-0.1, -0.05) is 6.92 Å². The zero-order valence-electron chi connectivity index (χ0n) is 18.4. The number of aryl methyl sites for hydroxylation is 1. The molecule has 0 spiro atoms. The van der Waals surface area contributed by atoms with Crippen molar-refractivity contribution < 1.29 is 17.9 Å². The molecule has 5 rings (SSSR count). The van der Waals surface area contributed by atoms with E-state index in [9.17, 15) is 13.2 Å². The third-order valence-corrected chi connectivity index (χ3v) is 9.31. The minimum absolute atomic E-state index is 0.193. The highest BCUT2D eigenvalue weighted by Crippen LogP contribution is 2.40. The summed E-state index contributed by atoms with van der Waals surface area (Å²) >= 11 is 1.68. The van der Waals surface area contributed by atoms with Crippen LogP contribution in [0.5, 0.6) is 5.88 Å². The number of hydrogen-bond acceptors (Lipinski definition) is 7. The van der Waals surface area contributed by atoms with Gasteiger partial charge in [0, 0.05) is 23.7 Å². The van der Waals surface area contributed by atoms with Crippen LogP contribution in [0.2, 0.25) is 0 Å². The van der Waals surface area contributed by atoms with Gasteiger partial charge in [0.15, 0.2) is 6.61 Å². The van der Waals surface area contributed by atoms with Crippen molar-refractivity contribution in [2.24, 2.45) is 5.92 Å². The molecule has 1 unspecified atom stereocenters. The van der Waals surface area contributed by atoms with Crippen LogP contribution in [0.1, 0.15) is 36.6 Å². The number of benzene rings is 1. The first-order chi connectivity index (χ1) is 15.9. The lowest BCUT2D eigenvalue weighted by Crippen LogP contribution is -2.27. The molecule has 8 nitrogen and oxygen atoms in total. The molecule has 3 heterocycles. The quantitative estimate of drug-likeness (QED) is 0.571. The minimum Gasteiger partial charge on any atom is -0.467 e. The predicted molar refractivity (Wildman–Crippen MR) is 127 cm³/mol. The Balaban J connectivity index is 1.25. The molecule has 1 amide bonds. The first-order valence-electron chi connectivity index (χ1n) is 11.2. The Morgan fingerprint density at radius 3 is 2.73 bits per heavy atom. The van der Waals surface area contributed by atoms with Crippen molar-refractivity contribution in [3.63, 3.8) is 0 Å². The van der Waals surface area contributed by atoms with Crippen molar-refractivity contribution >= 4 is 43.2 Å². The second kappa shape index (κ2) is 9.00. The van der Waals surface area contributed by atoms with Crippen LogP contribution in [-0.4, -0.2) is 48.3 Å². The maximum Gasteiger partial charge on any atom is 0.262 e. The first kappa shape index (κ1) is 22.2. The fourth-order valence-electron chi connectivity index (χ4n) is 4.47. The molecule has 174 valence electrons. The molecule has 0 bridgehead atoms. The topological polar surface area (TPSA) is 101 Å². The van der Waals surface area contributed by atoms with Crippen molar-refractivity contribution in [2.45, 2.75) is 43.9 Å². The Hall–Kier alpha value is -2.56. The van der Waals surface area contributed by atoms with Crippen molar-refractivity contribution in [1.82, 2.24) is 14.3 Å². The van der Waals surface area contributed by atoms with Gasteiger partial charge < -0.3 is 10.1 Å². The number of nitrogens with zero attached hydrogens (tertiary/aromatic N) is 3. The van der Waals surface area contributed by atoms with Crippen molar-refractivity contribution in [3.8, 4) is 5.88 Å². The Kier molecular flexibility index (Phi) is 6.07. The molecular weight excluding hydrogens is 460 g/mol. The second-order valence-electron chi connectivity index (χ2n) is 8.68. The number of carbonyl (C=O) groups is 1. The van der Waals surface area contributed by atoms with Crippen LogP contribution < -0.4 is 10.1 Å². The van der Waals surface area contributed by atoms with Gasteiger partial charge in [-0.15, -0.1) is 11.3 Å². The number of amides is 1. The molecule has 0 radical (unpaired) electrons. The molecule has 33 heavy (non-hydrogen) atoms. The second-order valence-corrected chi connectivity index (χ2v) is 11.7. The summed E-state index contributed by atoms with van der Waals surface area (Å²) in [7, 11) is -3.47. The van der Waals surface area contributed by atoms with Crippen molar-refractivity contribution in [2.75, 3.05) is 25.0 Å². The molecule has 3 aromatic rings. The maximum atomic E-state index is 12.6. The third-order valence-electron chi connectivity index (χ3n) is 6.24. The van der Waals surface area contributed by atoms with Crippen LogP contribution >= 0.6 is 11.3 Å². The van der Waals surface area contributed by atoms with Crippen molar-refractivity contribution in [3.05, 3.63) is 41.0 Å². The molecule has 1 aliphatic carbocycles. The van der Waals surface area contributed by atoms with E-state index in [0.29, 0.717) is 30.6 Å². The summed E-state index contributed by atoms with van der Waals surface area (Å²) in [4.78, 5) is 23.6. The zero-order chi connectivity index (χ0) is 23.0. The summed E-state index contributed by atoms with van der Waals surface area (Å²) in [5.41, 5.74) is 1.76. The lowest BCUT2D eigenvalue weighted by molar-refractivity contribution is -0.118. The smallest absolute Gasteiger partial charge is 0.262 e. The molecule has 1 aromatic carbocycles. The highest BCUT2D eigenvalue weighted by Gasteiger charge is 2.27. The monoisotopic (exact) mass is 486 g/mol. The predicted octanol–water partition coefficient (Wildman–Crippen LogP) is 3.62. The van der Waals surface area contributed by atoms with E-state index in [2.05, 4.69) is 22.2 Å². The van der Waals surface area contributed by atoms with Gasteiger partial charge in [-0.25, -0.2) is 18.4 Å². The van der Waals surface area contributed by atoms with Crippen LogP contribution in [0.4, 0.5) is 5.69 Å². The maximum absolute atomic E-state index is 12.6. The normalized spacial score (nSPS) is 18.9. The van der Waals surface area contributed by atoms with Gasteiger partial charge >= 0.3 is 0 Å². The third kappa shape index (κ3) is 4.47. The van der Waals surface area contributed by atoms with Gasteiger partial charge in [0.1, 0.15) is 11.2 Å². The molecule has 1 aliphatic heterocycles. The molecule has 1 saturated heterocycles. The van der Waals surface area contributed by atoms with E-state index < -0.39 is 10.0 Å². The minimum atomic E-state index is -3.47. The largest absolute Gasteiger partial charge is 0.467 e. The number of nitrogens with one attached hydrogen (secondary N) is 1. The average Bonchev–Trinajstić information content (AvgIpc) is 3.46. The van der Waals surface area contributed by atoms with Crippen LogP contribution in [0.15, 0.2) is 35.5 Å². The van der Waals surface area contributed by atoms with Crippen LogP contribution in [-0.2, 0) is 27.7 Å². The SMILES string of the molecule is CC1CCc2c(sc3ncnc(OCC(=O)Nc4ccc(S(=O)(=O)N5CCCC5)cc4)c23)C1. The Morgan fingerprint density at radius 2 is 1.97 bits per heavy atom. The Morgan fingerprint density at radius 1 is 1.21 bits per heavy atom. The van der Waals surface area contributed by atoms with E-state index >= 15 is 0 Å². The molecule has 1 atom stereocenters. The molecule has 1 fully saturated rings. The summed E-state index contributed by atoms with van der Waals surface area (Å²) in [6.07, 6.45) is 6.38. The van der Waals surface area contributed by atoms with Gasteiger partial charge in [-0.2, -0.15) is 4.31 Å². The number of aromatic nitrogens is 2. The number of sulfonamides is 1. The molecule has 0 saturated carbocycles. The van der Waals surface area contributed by atoms with E-state index in [-0.39, 0.29) is 17.4 Å². The van der Waals surface area contributed by atoms with Gasteiger partial charge in [0.05, 0.1) is 10.3 Å². The summed E-state index contributed by atoms with van der Waals surface area (Å²) in [6.45, 7) is 3.18. The first-order valence-corrected chi connectivity index (χ1v) is 13.5. The summed E-state index contributed by atoms with van der Waals surface area (Å²) in [5.74, 6) is 0.759. The number of fused-ring (bicyclic) bond motifs is 3. The van der Waals surface area contributed by atoms with Gasteiger partial charge in [-0.3, -0.25) is 4.79 Å². The fraction of sp³-hybridized carbons (Fsp3) is 0.435. The van der Waals surface area contributed by atoms with E-state index in [1.54, 1.807) is 23.5 Å². The molecular formula is C23H26N4O4S2. The highest BCUT2D eigenvalue weighted by molar-refractivity contribution is 7.89. The summed E-state index contributed by atoms with van der Waals surface area (Å²) < 4.78 is 32.6. The lowest BCUT2D eigenvalue weighted by Gasteiger charge is -2.18. The van der Waals surface area contributed by atoms with Crippen molar-refractivity contribution in [1.29, 1.82) is 0 Å². The lowest BCUT2D eigenvalue weighted by atomic mass is 9.89. The number of thiophene rings is 1.